The predicted molar refractivity (Wildman–Crippen MR) is 81.6 cm³/mol. The van der Waals surface area contributed by atoms with E-state index in [4.69, 9.17) is 9.84 Å². The molecule has 1 N–H and O–H groups in total. The summed E-state index contributed by atoms with van der Waals surface area (Å²) in [5, 5.41) is 9.05. The fraction of sp³-hybridized carbons (Fsp3) is 0.750. The maximum absolute atomic E-state index is 12.3. The molecule has 0 aromatic carbocycles. The number of rotatable bonds is 7. The van der Waals surface area contributed by atoms with Crippen LogP contribution in [-0.4, -0.2) is 52.8 Å². The van der Waals surface area contributed by atoms with Crippen molar-refractivity contribution in [2.45, 2.75) is 58.9 Å². The number of carbonyl (C=O) groups excluding carboxylic acids is 3. The zero-order chi connectivity index (χ0) is 17.6. The van der Waals surface area contributed by atoms with Gasteiger partial charge in [0.25, 0.3) is 5.91 Å². The van der Waals surface area contributed by atoms with E-state index in [1.165, 1.54) is 18.7 Å². The number of carbonyl (C=O) groups is 4. The molecule has 1 amide bonds. The normalized spacial score (nSPS) is 18.4. The van der Waals surface area contributed by atoms with Crippen LogP contribution in [0, 0.1) is 5.41 Å². The van der Waals surface area contributed by atoms with E-state index in [-0.39, 0.29) is 19.4 Å². The lowest BCUT2D eigenvalue weighted by Crippen LogP contribution is -2.51. The van der Waals surface area contributed by atoms with E-state index >= 15 is 0 Å². The molecule has 1 heterocycles. The zero-order valence-corrected chi connectivity index (χ0v) is 14.0. The molecule has 1 atom stereocenters. The highest BCUT2D eigenvalue weighted by molar-refractivity contribution is 6.36. The number of hydrogen-bond acceptors (Lipinski definition) is 5. The summed E-state index contributed by atoms with van der Waals surface area (Å²) in [5.74, 6) is -2.88. The molecular formula is C16H25NO6. The van der Waals surface area contributed by atoms with Crippen LogP contribution in [0.2, 0.25) is 0 Å². The van der Waals surface area contributed by atoms with E-state index in [0.717, 1.165) is 12.8 Å². The van der Waals surface area contributed by atoms with Gasteiger partial charge >= 0.3 is 11.9 Å². The highest BCUT2D eigenvalue weighted by Crippen LogP contribution is 2.24. The molecule has 1 rings (SSSR count). The van der Waals surface area contributed by atoms with Crippen LogP contribution in [0.3, 0.4) is 0 Å². The molecule has 1 fully saturated rings. The van der Waals surface area contributed by atoms with E-state index in [2.05, 4.69) is 0 Å². The average molecular weight is 327 g/mol. The number of esters is 1. The van der Waals surface area contributed by atoms with Gasteiger partial charge in [0.1, 0.15) is 6.04 Å². The fourth-order valence-corrected chi connectivity index (χ4v) is 2.46. The summed E-state index contributed by atoms with van der Waals surface area (Å²) in [6, 6.07) is -0.715. The lowest BCUT2D eigenvalue weighted by Gasteiger charge is -2.33. The Morgan fingerprint density at radius 2 is 1.87 bits per heavy atom. The van der Waals surface area contributed by atoms with Gasteiger partial charge in [0.05, 0.1) is 12.0 Å². The zero-order valence-electron chi connectivity index (χ0n) is 14.0. The molecule has 0 spiro atoms. The Bertz CT molecular complexity index is 485. The minimum atomic E-state index is -1.07. The maximum atomic E-state index is 12.3. The predicted octanol–water partition coefficient (Wildman–Crippen LogP) is 1.39. The quantitative estimate of drug-likeness (QED) is 0.560. The first-order valence-corrected chi connectivity index (χ1v) is 7.94. The van der Waals surface area contributed by atoms with Crippen molar-refractivity contribution in [2.24, 2.45) is 5.41 Å². The lowest BCUT2D eigenvalue weighted by molar-refractivity contribution is -0.159. The highest BCUT2D eigenvalue weighted by Gasteiger charge is 2.36. The van der Waals surface area contributed by atoms with E-state index in [9.17, 15) is 19.2 Å². The molecule has 1 saturated heterocycles. The topological polar surface area (TPSA) is 101 Å². The van der Waals surface area contributed by atoms with Gasteiger partial charge in [0.2, 0.25) is 5.78 Å². The standard InChI is InChI=1S/C16H25NO6/c1-4-23-14(20)11-7-5-6-10-17(11)13(19)12(18)8-9-16(2,3)15(21)22/h11H,4-10H2,1-3H3,(H,21,22). The van der Waals surface area contributed by atoms with Gasteiger partial charge in [-0.05, 0) is 46.5 Å². The molecule has 7 heteroatoms. The van der Waals surface area contributed by atoms with Crippen LogP contribution in [-0.2, 0) is 23.9 Å². The third-order valence-corrected chi connectivity index (χ3v) is 4.12. The van der Waals surface area contributed by atoms with Crippen LogP contribution in [0.15, 0.2) is 0 Å². The summed E-state index contributed by atoms with van der Waals surface area (Å²) in [6.07, 6.45) is 1.94. The van der Waals surface area contributed by atoms with Gasteiger partial charge in [0.15, 0.2) is 0 Å². The number of nitrogens with zero attached hydrogens (tertiary/aromatic N) is 1. The number of carboxylic acids is 1. The third-order valence-electron chi connectivity index (χ3n) is 4.12. The number of ketones is 1. The van der Waals surface area contributed by atoms with E-state index in [1.54, 1.807) is 6.92 Å². The number of piperidine rings is 1. The van der Waals surface area contributed by atoms with Crippen molar-refractivity contribution in [3.8, 4) is 0 Å². The Morgan fingerprint density at radius 1 is 1.22 bits per heavy atom. The van der Waals surface area contributed by atoms with Gasteiger partial charge in [-0.25, -0.2) is 4.79 Å². The van der Waals surface area contributed by atoms with Gasteiger partial charge in [-0.2, -0.15) is 0 Å². The van der Waals surface area contributed by atoms with Crippen LogP contribution >= 0.6 is 0 Å². The second-order valence-corrected chi connectivity index (χ2v) is 6.37. The minimum absolute atomic E-state index is 0.0742. The van der Waals surface area contributed by atoms with Crippen molar-refractivity contribution in [1.29, 1.82) is 0 Å². The molecule has 130 valence electrons. The third kappa shape index (κ3) is 5.04. The van der Waals surface area contributed by atoms with E-state index < -0.39 is 35.1 Å². The first kappa shape index (κ1) is 19.1. The van der Waals surface area contributed by atoms with Crippen LogP contribution in [0.5, 0.6) is 0 Å². The molecule has 0 bridgehead atoms. The van der Waals surface area contributed by atoms with Crippen molar-refractivity contribution in [3.63, 3.8) is 0 Å². The Hall–Kier alpha value is -1.92. The van der Waals surface area contributed by atoms with Crippen molar-refractivity contribution in [1.82, 2.24) is 4.90 Å². The fourth-order valence-electron chi connectivity index (χ4n) is 2.46. The number of ether oxygens (including phenoxy) is 1. The molecule has 0 aromatic rings. The number of likely N-dealkylation sites (tertiary alicyclic amines) is 1. The molecule has 23 heavy (non-hydrogen) atoms. The summed E-state index contributed by atoms with van der Waals surface area (Å²) in [5.41, 5.74) is -1.07. The number of Topliss-reactive ketones (excluding diaryl/α,β-unsaturated/α-hetero) is 1. The summed E-state index contributed by atoms with van der Waals surface area (Å²) in [6.45, 7) is 5.27. The number of carboxylic acid groups (broad SMARTS) is 1. The SMILES string of the molecule is CCOC(=O)C1CCCCN1C(=O)C(=O)CCC(C)(C)C(=O)O. The van der Waals surface area contributed by atoms with E-state index in [1.807, 2.05) is 0 Å². The second kappa shape index (κ2) is 8.08. The van der Waals surface area contributed by atoms with Crippen LogP contribution in [0.4, 0.5) is 0 Å². The minimum Gasteiger partial charge on any atom is -0.481 e. The maximum Gasteiger partial charge on any atom is 0.328 e. The molecule has 1 aliphatic heterocycles. The smallest absolute Gasteiger partial charge is 0.328 e. The van der Waals surface area contributed by atoms with Gasteiger partial charge in [-0.3, -0.25) is 14.4 Å². The van der Waals surface area contributed by atoms with Gasteiger partial charge in [0, 0.05) is 13.0 Å². The Morgan fingerprint density at radius 3 is 2.43 bits per heavy atom. The molecule has 0 saturated carbocycles. The van der Waals surface area contributed by atoms with Gasteiger partial charge in [-0.1, -0.05) is 0 Å². The molecule has 0 aliphatic carbocycles. The van der Waals surface area contributed by atoms with Gasteiger partial charge < -0.3 is 14.7 Å². The number of hydrogen-bond donors (Lipinski definition) is 1. The monoisotopic (exact) mass is 327 g/mol. The first-order valence-electron chi connectivity index (χ1n) is 7.94. The van der Waals surface area contributed by atoms with Crippen LogP contribution < -0.4 is 0 Å². The molecule has 7 nitrogen and oxygen atoms in total. The van der Waals surface area contributed by atoms with Crippen molar-refractivity contribution >= 4 is 23.6 Å². The Kier molecular flexibility index (Phi) is 6.72. The summed E-state index contributed by atoms with van der Waals surface area (Å²) in [4.78, 5) is 48.7. The summed E-state index contributed by atoms with van der Waals surface area (Å²) < 4.78 is 4.97. The lowest BCUT2D eigenvalue weighted by atomic mass is 9.87. The first-order chi connectivity index (χ1) is 10.7. The number of aliphatic carboxylic acids is 1. The largest absolute Gasteiger partial charge is 0.481 e. The van der Waals surface area contributed by atoms with Crippen LogP contribution in [0.1, 0.15) is 52.9 Å². The van der Waals surface area contributed by atoms with Gasteiger partial charge in [-0.15, -0.1) is 0 Å². The molecular weight excluding hydrogens is 302 g/mol. The summed E-state index contributed by atoms with van der Waals surface area (Å²) in [7, 11) is 0. The average Bonchev–Trinajstić information content (AvgIpc) is 2.52. The van der Waals surface area contributed by atoms with E-state index in [0.29, 0.717) is 13.0 Å². The molecule has 0 radical (unpaired) electrons. The Balaban J connectivity index is 2.71. The highest BCUT2D eigenvalue weighted by atomic mass is 16.5. The van der Waals surface area contributed by atoms with Crippen LogP contribution in [0.25, 0.3) is 0 Å². The number of amides is 1. The van der Waals surface area contributed by atoms with Crippen molar-refractivity contribution in [3.05, 3.63) is 0 Å². The molecule has 0 aromatic heterocycles. The van der Waals surface area contributed by atoms with Crippen molar-refractivity contribution < 1.29 is 29.0 Å². The Labute approximate surface area is 136 Å². The molecule has 1 aliphatic rings. The second-order valence-electron chi connectivity index (χ2n) is 6.37. The summed E-state index contributed by atoms with van der Waals surface area (Å²) >= 11 is 0. The van der Waals surface area contributed by atoms with Crippen molar-refractivity contribution in [2.75, 3.05) is 13.2 Å². The molecule has 1 unspecified atom stereocenters.